The highest BCUT2D eigenvalue weighted by Crippen LogP contribution is 2.29. The van der Waals surface area contributed by atoms with Crippen LogP contribution >= 0.6 is 11.6 Å². The van der Waals surface area contributed by atoms with Gasteiger partial charge in [0.15, 0.2) is 0 Å². The summed E-state index contributed by atoms with van der Waals surface area (Å²) in [5.74, 6) is 0.499. The molecular weight excluding hydrogens is 222 g/mol. The third kappa shape index (κ3) is 2.63. The molecule has 0 spiro atoms. The van der Waals surface area contributed by atoms with Crippen molar-refractivity contribution >= 4 is 17.9 Å². The van der Waals surface area contributed by atoms with Crippen LogP contribution in [0.3, 0.4) is 0 Å². The van der Waals surface area contributed by atoms with Crippen molar-refractivity contribution in [2.75, 3.05) is 13.1 Å². The van der Waals surface area contributed by atoms with E-state index in [0.29, 0.717) is 5.92 Å². The normalized spacial score (nSPS) is 19.3. The molecule has 0 saturated carbocycles. The van der Waals surface area contributed by atoms with Crippen LogP contribution in [0, 0.1) is 5.92 Å². The van der Waals surface area contributed by atoms with Crippen molar-refractivity contribution in [3.05, 3.63) is 34.9 Å². The number of hydrogen-bond donors (Lipinski definition) is 1. The van der Waals surface area contributed by atoms with Crippen molar-refractivity contribution in [2.24, 2.45) is 5.92 Å². The molecule has 1 atom stereocenters. The van der Waals surface area contributed by atoms with Crippen molar-refractivity contribution in [1.82, 2.24) is 5.32 Å². The van der Waals surface area contributed by atoms with Gasteiger partial charge in [0, 0.05) is 10.9 Å². The fourth-order valence-electron chi connectivity index (χ4n) is 2.35. The molecule has 0 radical (unpaired) electrons. The maximum absolute atomic E-state index is 11.2. The van der Waals surface area contributed by atoms with Crippen LogP contribution in [0.1, 0.15) is 24.3 Å². The van der Waals surface area contributed by atoms with E-state index in [9.17, 15) is 4.79 Å². The van der Waals surface area contributed by atoms with Gasteiger partial charge in [-0.3, -0.25) is 0 Å². The van der Waals surface area contributed by atoms with Gasteiger partial charge in [0.2, 0.25) is 0 Å². The van der Waals surface area contributed by atoms with Gasteiger partial charge in [-0.1, -0.05) is 23.7 Å². The quantitative estimate of drug-likeness (QED) is 0.819. The summed E-state index contributed by atoms with van der Waals surface area (Å²) in [5.41, 5.74) is 1.09. The minimum absolute atomic E-state index is 0.0272. The molecule has 2 nitrogen and oxygen atoms in total. The zero-order valence-corrected chi connectivity index (χ0v) is 9.91. The summed E-state index contributed by atoms with van der Waals surface area (Å²) in [6, 6.07) is 7.63. The first-order valence-electron chi connectivity index (χ1n) is 5.72. The lowest BCUT2D eigenvalue weighted by molar-refractivity contribution is -0.110. The van der Waals surface area contributed by atoms with Crippen molar-refractivity contribution in [2.45, 2.75) is 18.8 Å². The summed E-state index contributed by atoms with van der Waals surface area (Å²) in [6.07, 6.45) is 3.23. The van der Waals surface area contributed by atoms with Crippen LogP contribution < -0.4 is 5.32 Å². The van der Waals surface area contributed by atoms with Gasteiger partial charge in [-0.15, -0.1) is 0 Å². The Labute approximate surface area is 101 Å². The molecule has 1 aromatic rings. The number of rotatable bonds is 3. The molecule has 1 fully saturated rings. The van der Waals surface area contributed by atoms with E-state index >= 15 is 0 Å². The SMILES string of the molecule is O=CC(c1ccc(Cl)cc1)C1CCNCC1. The van der Waals surface area contributed by atoms with Gasteiger partial charge in [-0.25, -0.2) is 0 Å². The minimum atomic E-state index is 0.0272. The van der Waals surface area contributed by atoms with Crippen LogP contribution in [-0.2, 0) is 4.79 Å². The lowest BCUT2D eigenvalue weighted by Crippen LogP contribution is -2.31. The molecule has 0 bridgehead atoms. The average molecular weight is 238 g/mol. The number of piperidine rings is 1. The molecule has 1 unspecified atom stereocenters. The van der Waals surface area contributed by atoms with E-state index in [-0.39, 0.29) is 5.92 Å². The topological polar surface area (TPSA) is 29.1 Å². The van der Waals surface area contributed by atoms with E-state index in [1.54, 1.807) is 0 Å². The minimum Gasteiger partial charge on any atom is -0.317 e. The summed E-state index contributed by atoms with van der Waals surface area (Å²) in [4.78, 5) is 11.2. The van der Waals surface area contributed by atoms with Crippen molar-refractivity contribution in [3.8, 4) is 0 Å². The first-order valence-corrected chi connectivity index (χ1v) is 6.10. The highest BCUT2D eigenvalue weighted by Gasteiger charge is 2.24. The second-order valence-corrected chi connectivity index (χ2v) is 4.74. The molecule has 0 aromatic heterocycles. The monoisotopic (exact) mass is 237 g/mol. The Bertz CT molecular complexity index is 343. The number of hydrogen-bond acceptors (Lipinski definition) is 2. The van der Waals surface area contributed by atoms with E-state index in [2.05, 4.69) is 5.32 Å². The second kappa shape index (κ2) is 5.46. The molecule has 86 valence electrons. The molecule has 0 aliphatic carbocycles. The molecule has 3 heteroatoms. The Balaban J connectivity index is 2.14. The Hall–Kier alpha value is -0.860. The maximum Gasteiger partial charge on any atom is 0.127 e. The highest BCUT2D eigenvalue weighted by molar-refractivity contribution is 6.30. The molecular formula is C13H16ClNO. The van der Waals surface area contributed by atoms with Gasteiger partial charge in [0.1, 0.15) is 6.29 Å². The zero-order valence-electron chi connectivity index (χ0n) is 9.16. The maximum atomic E-state index is 11.2. The third-order valence-corrected chi connectivity index (χ3v) is 3.55. The molecule has 2 rings (SSSR count). The molecule has 1 aromatic carbocycles. The van der Waals surface area contributed by atoms with Crippen molar-refractivity contribution in [1.29, 1.82) is 0 Å². The smallest absolute Gasteiger partial charge is 0.127 e. The predicted molar refractivity (Wildman–Crippen MR) is 65.9 cm³/mol. The summed E-state index contributed by atoms with van der Waals surface area (Å²) in [7, 11) is 0. The third-order valence-electron chi connectivity index (χ3n) is 3.29. The van der Waals surface area contributed by atoms with E-state index in [1.165, 1.54) is 0 Å². The van der Waals surface area contributed by atoms with Crippen LogP contribution in [0.25, 0.3) is 0 Å². The van der Waals surface area contributed by atoms with Gasteiger partial charge in [-0.05, 0) is 49.5 Å². The first kappa shape index (κ1) is 11.6. The molecule has 0 amide bonds. The van der Waals surface area contributed by atoms with Crippen LogP contribution in [0.4, 0.5) is 0 Å². The van der Waals surface area contributed by atoms with Crippen LogP contribution in [-0.4, -0.2) is 19.4 Å². The van der Waals surface area contributed by atoms with Gasteiger partial charge < -0.3 is 10.1 Å². The number of carbonyl (C=O) groups excluding carboxylic acids is 1. The standard InChI is InChI=1S/C13H16ClNO/c14-12-3-1-10(2-4-12)13(9-16)11-5-7-15-8-6-11/h1-4,9,11,13,15H,5-8H2. The average Bonchev–Trinajstić information content (AvgIpc) is 2.34. The van der Waals surface area contributed by atoms with Crippen LogP contribution in [0.5, 0.6) is 0 Å². The first-order chi connectivity index (χ1) is 7.81. The molecule has 1 aliphatic heterocycles. The van der Waals surface area contributed by atoms with Crippen LogP contribution in [0.2, 0.25) is 5.02 Å². The van der Waals surface area contributed by atoms with Crippen molar-refractivity contribution < 1.29 is 4.79 Å². The van der Waals surface area contributed by atoms with E-state index in [4.69, 9.17) is 11.6 Å². The molecule has 1 heterocycles. The van der Waals surface area contributed by atoms with E-state index in [0.717, 1.165) is 42.8 Å². The largest absolute Gasteiger partial charge is 0.317 e. The Morgan fingerprint density at radius 3 is 2.44 bits per heavy atom. The Morgan fingerprint density at radius 2 is 1.88 bits per heavy atom. The Morgan fingerprint density at radius 1 is 1.25 bits per heavy atom. The number of carbonyl (C=O) groups is 1. The highest BCUT2D eigenvalue weighted by atomic mass is 35.5. The molecule has 1 N–H and O–H groups in total. The summed E-state index contributed by atoms with van der Waals surface area (Å²) >= 11 is 5.85. The number of halogens is 1. The van der Waals surface area contributed by atoms with Gasteiger partial charge >= 0.3 is 0 Å². The van der Waals surface area contributed by atoms with E-state index in [1.807, 2.05) is 24.3 Å². The van der Waals surface area contributed by atoms with Gasteiger partial charge in [0.05, 0.1) is 0 Å². The predicted octanol–water partition coefficient (Wildman–Crippen LogP) is 2.62. The number of aldehydes is 1. The van der Waals surface area contributed by atoms with Gasteiger partial charge in [0.25, 0.3) is 0 Å². The number of nitrogens with one attached hydrogen (secondary N) is 1. The molecule has 1 saturated heterocycles. The Kier molecular flexibility index (Phi) is 3.97. The fourth-order valence-corrected chi connectivity index (χ4v) is 2.48. The molecule has 1 aliphatic rings. The van der Waals surface area contributed by atoms with Crippen LogP contribution in [0.15, 0.2) is 24.3 Å². The number of benzene rings is 1. The van der Waals surface area contributed by atoms with Crippen molar-refractivity contribution in [3.63, 3.8) is 0 Å². The summed E-state index contributed by atoms with van der Waals surface area (Å²) in [6.45, 7) is 2.03. The van der Waals surface area contributed by atoms with E-state index < -0.39 is 0 Å². The lowest BCUT2D eigenvalue weighted by Gasteiger charge is -2.27. The summed E-state index contributed by atoms with van der Waals surface area (Å²) < 4.78 is 0. The zero-order chi connectivity index (χ0) is 11.4. The summed E-state index contributed by atoms with van der Waals surface area (Å²) in [5, 5.41) is 4.04. The second-order valence-electron chi connectivity index (χ2n) is 4.30. The molecule has 16 heavy (non-hydrogen) atoms. The lowest BCUT2D eigenvalue weighted by atomic mass is 9.81. The van der Waals surface area contributed by atoms with Gasteiger partial charge in [-0.2, -0.15) is 0 Å². The fraction of sp³-hybridized carbons (Fsp3) is 0.462.